The molecule has 0 aliphatic carbocycles. The SMILES string of the molecule is COc1ccc2nc(C)cc(C(=O)N(C)CCO)c2c1. The van der Waals surface area contributed by atoms with E-state index in [0.29, 0.717) is 17.9 Å². The number of amides is 1. The number of benzene rings is 1. The van der Waals surface area contributed by atoms with Gasteiger partial charge in [0.15, 0.2) is 0 Å². The van der Waals surface area contributed by atoms with Gasteiger partial charge in [-0.05, 0) is 31.2 Å². The number of rotatable bonds is 4. The molecule has 2 aromatic rings. The fraction of sp³-hybridized carbons (Fsp3) is 0.333. The zero-order valence-corrected chi connectivity index (χ0v) is 11.9. The van der Waals surface area contributed by atoms with Gasteiger partial charge in [0.1, 0.15) is 5.75 Å². The molecule has 0 radical (unpaired) electrons. The van der Waals surface area contributed by atoms with Crippen LogP contribution in [-0.4, -0.2) is 48.2 Å². The van der Waals surface area contributed by atoms with Crippen LogP contribution in [0.25, 0.3) is 10.9 Å². The van der Waals surface area contributed by atoms with Crippen LogP contribution in [0.4, 0.5) is 0 Å². The summed E-state index contributed by atoms with van der Waals surface area (Å²) in [5, 5.41) is 9.71. The molecule has 1 aromatic heterocycles. The highest BCUT2D eigenvalue weighted by Gasteiger charge is 2.16. The smallest absolute Gasteiger partial charge is 0.254 e. The molecule has 0 bridgehead atoms. The summed E-state index contributed by atoms with van der Waals surface area (Å²) in [4.78, 5) is 18.4. The van der Waals surface area contributed by atoms with Gasteiger partial charge in [0.05, 0.1) is 24.8 Å². The summed E-state index contributed by atoms with van der Waals surface area (Å²) in [5.74, 6) is 0.546. The van der Waals surface area contributed by atoms with Crippen LogP contribution in [0.1, 0.15) is 16.1 Å². The van der Waals surface area contributed by atoms with Crippen LogP contribution in [0.3, 0.4) is 0 Å². The molecule has 0 atom stereocenters. The average molecular weight is 274 g/mol. The number of carbonyl (C=O) groups excluding carboxylic acids is 1. The summed E-state index contributed by atoms with van der Waals surface area (Å²) >= 11 is 0. The fourth-order valence-electron chi connectivity index (χ4n) is 2.10. The first kappa shape index (κ1) is 14.3. The quantitative estimate of drug-likeness (QED) is 0.920. The first-order valence-electron chi connectivity index (χ1n) is 6.38. The summed E-state index contributed by atoms with van der Waals surface area (Å²) in [6, 6.07) is 7.23. The maximum atomic E-state index is 12.4. The Morgan fingerprint density at radius 2 is 2.15 bits per heavy atom. The number of hydrogen-bond donors (Lipinski definition) is 1. The van der Waals surface area contributed by atoms with Crippen molar-refractivity contribution in [3.63, 3.8) is 0 Å². The normalized spacial score (nSPS) is 10.6. The van der Waals surface area contributed by atoms with Gasteiger partial charge in [-0.15, -0.1) is 0 Å². The highest BCUT2D eigenvalue weighted by atomic mass is 16.5. The van der Waals surface area contributed by atoms with Crippen LogP contribution in [0, 0.1) is 6.92 Å². The molecule has 20 heavy (non-hydrogen) atoms. The van der Waals surface area contributed by atoms with Gasteiger partial charge in [-0.2, -0.15) is 0 Å². The number of fused-ring (bicyclic) bond motifs is 1. The lowest BCUT2D eigenvalue weighted by Crippen LogP contribution is -2.29. The molecule has 5 heteroatoms. The standard InChI is InChI=1S/C15H18N2O3/c1-10-8-13(15(19)17(2)6-7-18)12-9-11(20-3)4-5-14(12)16-10/h4-5,8-9,18H,6-7H2,1-3H3. The summed E-state index contributed by atoms with van der Waals surface area (Å²) in [7, 11) is 3.25. The number of aromatic nitrogens is 1. The number of carbonyl (C=O) groups is 1. The number of pyridine rings is 1. The first-order chi connectivity index (χ1) is 9.56. The molecule has 0 aliphatic rings. The number of aryl methyl sites for hydroxylation is 1. The van der Waals surface area contributed by atoms with E-state index in [-0.39, 0.29) is 12.5 Å². The van der Waals surface area contributed by atoms with Crippen molar-refractivity contribution in [2.75, 3.05) is 27.3 Å². The van der Waals surface area contributed by atoms with Crippen molar-refractivity contribution in [1.82, 2.24) is 9.88 Å². The third-order valence-electron chi connectivity index (χ3n) is 3.16. The van der Waals surface area contributed by atoms with Crippen LogP contribution in [0.5, 0.6) is 5.75 Å². The molecule has 0 saturated carbocycles. The molecule has 1 N–H and O–H groups in total. The van der Waals surface area contributed by atoms with Gasteiger partial charge in [-0.25, -0.2) is 0 Å². The number of aliphatic hydroxyl groups excluding tert-OH is 1. The molecule has 2 rings (SSSR count). The Kier molecular flexibility index (Phi) is 4.20. The van der Waals surface area contributed by atoms with E-state index in [4.69, 9.17) is 9.84 Å². The predicted molar refractivity (Wildman–Crippen MR) is 77.1 cm³/mol. The molecule has 1 heterocycles. The second-order valence-electron chi connectivity index (χ2n) is 4.64. The largest absolute Gasteiger partial charge is 0.497 e. The Labute approximate surface area is 117 Å². The third-order valence-corrected chi connectivity index (χ3v) is 3.16. The van der Waals surface area contributed by atoms with E-state index in [0.717, 1.165) is 16.6 Å². The monoisotopic (exact) mass is 274 g/mol. The van der Waals surface area contributed by atoms with E-state index < -0.39 is 0 Å². The zero-order chi connectivity index (χ0) is 14.7. The Bertz CT molecular complexity index is 640. The van der Waals surface area contributed by atoms with Gasteiger partial charge in [0, 0.05) is 24.7 Å². The molecule has 106 valence electrons. The van der Waals surface area contributed by atoms with Gasteiger partial charge >= 0.3 is 0 Å². The molecule has 0 saturated heterocycles. The van der Waals surface area contributed by atoms with E-state index in [1.165, 1.54) is 4.90 Å². The Morgan fingerprint density at radius 1 is 1.40 bits per heavy atom. The molecule has 1 amide bonds. The van der Waals surface area contributed by atoms with Gasteiger partial charge in [-0.1, -0.05) is 0 Å². The predicted octanol–water partition coefficient (Wildman–Crippen LogP) is 1.62. The Balaban J connectivity index is 2.58. The van der Waals surface area contributed by atoms with Crippen LogP contribution in [-0.2, 0) is 0 Å². The number of nitrogens with zero attached hydrogens (tertiary/aromatic N) is 2. The minimum absolute atomic E-state index is 0.0619. The first-order valence-corrected chi connectivity index (χ1v) is 6.38. The summed E-state index contributed by atoms with van der Waals surface area (Å²) < 4.78 is 5.20. The molecule has 0 fully saturated rings. The number of aliphatic hydroxyl groups is 1. The second kappa shape index (κ2) is 5.88. The third kappa shape index (κ3) is 2.72. The average Bonchev–Trinajstić information content (AvgIpc) is 2.45. The maximum Gasteiger partial charge on any atom is 0.254 e. The minimum atomic E-state index is -0.136. The number of likely N-dealkylation sites (N-methyl/N-ethyl adjacent to an activating group) is 1. The fourth-order valence-corrected chi connectivity index (χ4v) is 2.10. The van der Waals surface area contributed by atoms with E-state index >= 15 is 0 Å². The van der Waals surface area contributed by atoms with Crippen LogP contribution in [0.15, 0.2) is 24.3 Å². The summed E-state index contributed by atoms with van der Waals surface area (Å²) in [6.07, 6.45) is 0. The minimum Gasteiger partial charge on any atom is -0.497 e. The number of methoxy groups -OCH3 is 1. The molecule has 5 nitrogen and oxygen atoms in total. The zero-order valence-electron chi connectivity index (χ0n) is 11.9. The number of hydrogen-bond acceptors (Lipinski definition) is 4. The van der Waals surface area contributed by atoms with Crippen molar-refractivity contribution in [3.8, 4) is 5.75 Å². The highest BCUT2D eigenvalue weighted by Crippen LogP contribution is 2.24. The second-order valence-corrected chi connectivity index (χ2v) is 4.64. The van der Waals surface area contributed by atoms with Gasteiger partial charge in [0.25, 0.3) is 5.91 Å². The van der Waals surface area contributed by atoms with Gasteiger partial charge < -0.3 is 14.7 Å². The highest BCUT2D eigenvalue weighted by molar-refractivity contribution is 6.06. The molecular formula is C15H18N2O3. The Morgan fingerprint density at radius 3 is 2.80 bits per heavy atom. The lowest BCUT2D eigenvalue weighted by Gasteiger charge is -2.17. The molecular weight excluding hydrogens is 256 g/mol. The summed E-state index contributed by atoms with van der Waals surface area (Å²) in [6.45, 7) is 2.09. The van der Waals surface area contributed by atoms with Crippen molar-refractivity contribution < 1.29 is 14.6 Å². The number of ether oxygens (including phenoxy) is 1. The molecule has 0 spiro atoms. The lowest BCUT2D eigenvalue weighted by molar-refractivity contribution is 0.0768. The lowest BCUT2D eigenvalue weighted by atomic mass is 10.1. The van der Waals surface area contributed by atoms with E-state index in [2.05, 4.69) is 4.98 Å². The van der Waals surface area contributed by atoms with Crippen molar-refractivity contribution in [2.45, 2.75) is 6.92 Å². The van der Waals surface area contributed by atoms with E-state index in [1.54, 1.807) is 20.2 Å². The molecule has 0 unspecified atom stereocenters. The van der Waals surface area contributed by atoms with Gasteiger partial charge in [0.2, 0.25) is 0 Å². The van der Waals surface area contributed by atoms with Crippen LogP contribution < -0.4 is 4.74 Å². The van der Waals surface area contributed by atoms with Crippen molar-refractivity contribution in [3.05, 3.63) is 35.5 Å². The molecule has 1 aromatic carbocycles. The van der Waals surface area contributed by atoms with Crippen molar-refractivity contribution in [1.29, 1.82) is 0 Å². The van der Waals surface area contributed by atoms with Crippen LogP contribution in [0.2, 0.25) is 0 Å². The van der Waals surface area contributed by atoms with Crippen molar-refractivity contribution in [2.24, 2.45) is 0 Å². The van der Waals surface area contributed by atoms with E-state index in [9.17, 15) is 4.79 Å². The topological polar surface area (TPSA) is 62.7 Å². The van der Waals surface area contributed by atoms with Crippen molar-refractivity contribution >= 4 is 16.8 Å². The van der Waals surface area contributed by atoms with E-state index in [1.807, 2.05) is 25.1 Å². The van der Waals surface area contributed by atoms with Crippen LogP contribution >= 0.6 is 0 Å². The Hall–Kier alpha value is -2.14. The summed E-state index contributed by atoms with van der Waals surface area (Å²) in [5.41, 5.74) is 2.11. The molecule has 0 aliphatic heterocycles. The van der Waals surface area contributed by atoms with Gasteiger partial charge in [-0.3, -0.25) is 9.78 Å². The maximum absolute atomic E-state index is 12.4.